The lowest BCUT2D eigenvalue weighted by Crippen LogP contribution is -2.48. The van der Waals surface area contributed by atoms with Gasteiger partial charge in [-0.2, -0.15) is 0 Å². The van der Waals surface area contributed by atoms with E-state index in [1.54, 1.807) is 61.2 Å². The first-order valence-electron chi connectivity index (χ1n) is 11.7. The van der Waals surface area contributed by atoms with E-state index in [4.69, 9.17) is 14.2 Å². The summed E-state index contributed by atoms with van der Waals surface area (Å²) in [6, 6.07) is 10.5. The topological polar surface area (TPSA) is 118 Å². The second-order valence-corrected chi connectivity index (χ2v) is 8.06. The molecule has 0 saturated carbocycles. The molecule has 10 nitrogen and oxygen atoms in total. The number of allylic oxidation sites excluding steroid dienone is 1. The van der Waals surface area contributed by atoms with Crippen molar-refractivity contribution in [3.8, 4) is 11.5 Å². The zero-order valence-corrected chi connectivity index (χ0v) is 21.1. The Hall–Kier alpha value is -4.21. The standard InChI is InChI=1S/C26H32N4O6/c1-6-12-30-16(3)22(24(31)36-7-2)23(29-26(30)33)17-8-10-18(11-9-17)27-25(32)28-19-13-20(34-4)15-21(14-19)35-5/h8-11,13-15,23H,6-7,12H2,1-5H3,(H,29,33)(H2,27,28,32). The first kappa shape index (κ1) is 26.4. The van der Waals surface area contributed by atoms with Crippen LogP contribution >= 0.6 is 0 Å². The highest BCUT2D eigenvalue weighted by atomic mass is 16.5. The van der Waals surface area contributed by atoms with Crippen LogP contribution in [-0.4, -0.2) is 50.3 Å². The van der Waals surface area contributed by atoms with E-state index in [1.165, 1.54) is 14.2 Å². The summed E-state index contributed by atoms with van der Waals surface area (Å²) in [5, 5.41) is 8.41. The van der Waals surface area contributed by atoms with Gasteiger partial charge in [-0.05, 0) is 38.0 Å². The van der Waals surface area contributed by atoms with Crippen molar-refractivity contribution in [2.45, 2.75) is 33.2 Å². The number of carbonyl (C=O) groups is 3. The number of hydrogen-bond acceptors (Lipinski definition) is 6. The smallest absolute Gasteiger partial charge is 0.338 e. The van der Waals surface area contributed by atoms with Gasteiger partial charge in [0.1, 0.15) is 11.5 Å². The van der Waals surface area contributed by atoms with Gasteiger partial charge in [-0.1, -0.05) is 19.1 Å². The molecule has 36 heavy (non-hydrogen) atoms. The van der Waals surface area contributed by atoms with Gasteiger partial charge in [0.2, 0.25) is 0 Å². The van der Waals surface area contributed by atoms with E-state index in [9.17, 15) is 14.4 Å². The number of anilines is 2. The van der Waals surface area contributed by atoms with Crippen LogP contribution in [0.1, 0.15) is 38.8 Å². The van der Waals surface area contributed by atoms with Crippen molar-refractivity contribution in [1.82, 2.24) is 10.2 Å². The first-order valence-corrected chi connectivity index (χ1v) is 11.7. The molecule has 10 heteroatoms. The minimum absolute atomic E-state index is 0.223. The number of carbonyl (C=O) groups excluding carboxylic acids is 3. The highest BCUT2D eigenvalue weighted by Crippen LogP contribution is 2.32. The largest absolute Gasteiger partial charge is 0.497 e. The van der Waals surface area contributed by atoms with E-state index < -0.39 is 18.0 Å². The fourth-order valence-electron chi connectivity index (χ4n) is 3.93. The van der Waals surface area contributed by atoms with Gasteiger partial charge in [-0.25, -0.2) is 14.4 Å². The van der Waals surface area contributed by atoms with Gasteiger partial charge in [0, 0.05) is 41.8 Å². The maximum absolute atomic E-state index is 12.8. The average molecular weight is 497 g/mol. The summed E-state index contributed by atoms with van der Waals surface area (Å²) in [6.45, 7) is 6.16. The van der Waals surface area contributed by atoms with Crippen LogP contribution in [-0.2, 0) is 9.53 Å². The van der Waals surface area contributed by atoms with Crippen LogP contribution in [0, 0.1) is 0 Å². The molecule has 1 atom stereocenters. The van der Waals surface area contributed by atoms with Crippen molar-refractivity contribution in [2.24, 2.45) is 0 Å². The molecular formula is C26H32N4O6. The van der Waals surface area contributed by atoms with Crippen LogP contribution in [0.2, 0.25) is 0 Å². The van der Waals surface area contributed by atoms with E-state index in [-0.39, 0.29) is 12.6 Å². The minimum Gasteiger partial charge on any atom is -0.497 e. The zero-order valence-electron chi connectivity index (χ0n) is 21.1. The Kier molecular flexibility index (Phi) is 8.77. The van der Waals surface area contributed by atoms with E-state index in [1.807, 2.05) is 6.92 Å². The van der Waals surface area contributed by atoms with E-state index in [2.05, 4.69) is 16.0 Å². The minimum atomic E-state index is -0.670. The summed E-state index contributed by atoms with van der Waals surface area (Å²) in [7, 11) is 3.06. The van der Waals surface area contributed by atoms with Gasteiger partial charge in [-0.15, -0.1) is 0 Å². The Labute approximate surface area is 210 Å². The van der Waals surface area contributed by atoms with Crippen molar-refractivity contribution >= 4 is 29.4 Å². The number of urea groups is 2. The van der Waals surface area contributed by atoms with Crippen molar-refractivity contribution in [3.05, 3.63) is 59.3 Å². The van der Waals surface area contributed by atoms with Crippen molar-refractivity contribution < 1.29 is 28.6 Å². The van der Waals surface area contributed by atoms with Gasteiger partial charge >= 0.3 is 18.0 Å². The third kappa shape index (κ3) is 6.07. The number of nitrogens with zero attached hydrogens (tertiary/aromatic N) is 1. The molecule has 0 bridgehead atoms. The number of benzene rings is 2. The Balaban J connectivity index is 1.78. The Morgan fingerprint density at radius 3 is 2.14 bits per heavy atom. The molecule has 0 radical (unpaired) electrons. The normalized spacial score (nSPS) is 15.2. The second-order valence-electron chi connectivity index (χ2n) is 8.06. The monoisotopic (exact) mass is 496 g/mol. The van der Waals surface area contributed by atoms with Crippen molar-refractivity contribution in [3.63, 3.8) is 0 Å². The molecular weight excluding hydrogens is 464 g/mol. The predicted octanol–water partition coefficient (Wildman–Crippen LogP) is 4.66. The van der Waals surface area contributed by atoms with Gasteiger partial charge < -0.3 is 30.2 Å². The SMILES string of the molecule is CCCN1C(=O)NC(c2ccc(NC(=O)Nc3cc(OC)cc(OC)c3)cc2)C(C(=O)OCC)=C1C. The number of rotatable bonds is 9. The summed E-state index contributed by atoms with van der Waals surface area (Å²) in [6.07, 6.45) is 0.747. The molecule has 2 aromatic carbocycles. The molecule has 3 rings (SSSR count). The third-order valence-corrected chi connectivity index (χ3v) is 5.65. The van der Waals surface area contributed by atoms with E-state index in [0.717, 1.165) is 6.42 Å². The van der Waals surface area contributed by atoms with Crippen LogP contribution in [0.5, 0.6) is 11.5 Å². The zero-order chi connectivity index (χ0) is 26.2. The predicted molar refractivity (Wildman–Crippen MR) is 136 cm³/mol. The summed E-state index contributed by atoms with van der Waals surface area (Å²) in [4.78, 5) is 39.6. The van der Waals surface area contributed by atoms with Gasteiger partial charge in [0.25, 0.3) is 0 Å². The first-order chi connectivity index (χ1) is 17.3. The summed E-state index contributed by atoms with van der Waals surface area (Å²) in [5.74, 6) is 0.611. The molecule has 1 aliphatic heterocycles. The summed E-state index contributed by atoms with van der Waals surface area (Å²) >= 11 is 0. The number of nitrogens with one attached hydrogen (secondary N) is 3. The molecule has 0 spiro atoms. The molecule has 1 aliphatic rings. The fraction of sp³-hybridized carbons (Fsp3) is 0.346. The van der Waals surface area contributed by atoms with Crippen LogP contribution in [0.15, 0.2) is 53.7 Å². The molecule has 4 amide bonds. The summed E-state index contributed by atoms with van der Waals surface area (Å²) < 4.78 is 15.7. The Morgan fingerprint density at radius 1 is 0.972 bits per heavy atom. The molecule has 1 heterocycles. The molecule has 192 valence electrons. The lowest BCUT2D eigenvalue weighted by atomic mass is 9.94. The molecule has 1 unspecified atom stereocenters. The number of esters is 1. The van der Waals surface area contributed by atoms with Crippen molar-refractivity contribution in [2.75, 3.05) is 38.0 Å². The molecule has 0 aliphatic carbocycles. The average Bonchev–Trinajstić information content (AvgIpc) is 2.86. The highest BCUT2D eigenvalue weighted by molar-refractivity contribution is 6.00. The molecule has 3 N–H and O–H groups in total. The lowest BCUT2D eigenvalue weighted by Gasteiger charge is -2.35. The van der Waals surface area contributed by atoms with Crippen LogP contribution in [0.3, 0.4) is 0 Å². The number of amides is 4. The second kappa shape index (κ2) is 12.0. The lowest BCUT2D eigenvalue weighted by molar-refractivity contribution is -0.139. The highest BCUT2D eigenvalue weighted by Gasteiger charge is 2.36. The number of methoxy groups -OCH3 is 2. The fourth-order valence-corrected chi connectivity index (χ4v) is 3.93. The molecule has 2 aromatic rings. The van der Waals surface area contributed by atoms with Gasteiger partial charge in [0.15, 0.2) is 0 Å². The maximum Gasteiger partial charge on any atom is 0.338 e. The van der Waals surface area contributed by atoms with Gasteiger partial charge in [-0.3, -0.25) is 4.90 Å². The molecule has 0 fully saturated rings. The van der Waals surface area contributed by atoms with Gasteiger partial charge in [0.05, 0.1) is 32.4 Å². The van der Waals surface area contributed by atoms with Crippen LogP contribution in [0.25, 0.3) is 0 Å². The third-order valence-electron chi connectivity index (χ3n) is 5.65. The van der Waals surface area contributed by atoms with Crippen LogP contribution < -0.4 is 25.4 Å². The number of ether oxygens (including phenoxy) is 3. The molecule has 0 aromatic heterocycles. The van der Waals surface area contributed by atoms with E-state index in [0.29, 0.717) is 46.3 Å². The quantitative estimate of drug-likeness (QED) is 0.435. The maximum atomic E-state index is 12.8. The molecule has 0 saturated heterocycles. The van der Waals surface area contributed by atoms with Crippen molar-refractivity contribution in [1.29, 1.82) is 0 Å². The Bertz CT molecular complexity index is 1120. The Morgan fingerprint density at radius 2 is 1.58 bits per heavy atom. The number of hydrogen-bond donors (Lipinski definition) is 3. The van der Waals surface area contributed by atoms with E-state index >= 15 is 0 Å². The summed E-state index contributed by atoms with van der Waals surface area (Å²) in [5.41, 5.74) is 2.67. The van der Waals surface area contributed by atoms with Crippen LogP contribution in [0.4, 0.5) is 21.0 Å².